The lowest BCUT2D eigenvalue weighted by Crippen LogP contribution is -2.44. The van der Waals surface area contributed by atoms with Gasteiger partial charge < -0.3 is 24.5 Å². The zero-order valence-corrected chi connectivity index (χ0v) is 43.4. The normalized spacial score (nSPS) is 24.5. The van der Waals surface area contributed by atoms with Crippen molar-refractivity contribution in [3.8, 4) is 0 Å². The maximum absolute atomic E-state index is 13.5. The van der Waals surface area contributed by atoms with Gasteiger partial charge >= 0.3 is 0 Å². The SMILES string of the molecule is CC(C)C(=O)CCC(=O)[C@@H]1CCCN1C(=O)CCC(=O)[C@@H]1CCCN1C(=O)CCC(=O)[C@@H]1CCCN1C(=O)CCC(=O)[C@@H]1CCCN1C(=O)CCC(=O)[C@@H]1CCCN1C(=O)CCC(=O)[C@@H]1CCCN1C(C)C. The van der Waals surface area contributed by atoms with E-state index in [0.29, 0.717) is 96.9 Å². The summed E-state index contributed by atoms with van der Waals surface area (Å²) in [5.74, 6) is -2.77. The molecule has 0 bridgehead atoms. The molecule has 0 unspecified atom stereocenters. The average molecular weight is 1010 g/mol. The molecule has 0 aromatic rings. The number of ketones is 7. The molecule has 0 aromatic carbocycles. The van der Waals surface area contributed by atoms with Crippen molar-refractivity contribution >= 4 is 70.0 Å². The first kappa shape index (κ1) is 56.3. The van der Waals surface area contributed by atoms with E-state index in [1.54, 1.807) is 18.7 Å². The zero-order valence-electron chi connectivity index (χ0n) is 43.4. The standard InChI is InChI=1S/C54H80N6O12/c1-35(2)43(61)17-18-44(62)38-12-6-30-56(38)51(69)25-20-46(64)40-14-8-32-58(40)53(71)27-22-48(66)42-16-10-34-60(42)54(72)28-23-49(67)41-15-9-33-59(41)52(70)26-21-47(65)39-13-7-31-57(39)50(68)24-19-45(63)37-11-5-29-55(37)36(3)4/h35-42H,5-34H2,1-4H3/t37-,38-,39-,40-,41-,42-/m0/s1. The van der Waals surface area contributed by atoms with E-state index in [0.717, 1.165) is 19.4 Å². The maximum Gasteiger partial charge on any atom is 0.223 e. The third kappa shape index (κ3) is 14.2. The van der Waals surface area contributed by atoms with E-state index in [-0.39, 0.29) is 165 Å². The number of nitrogens with zero attached hydrogens (tertiary/aromatic N) is 6. The molecule has 0 aromatic heterocycles. The molecule has 5 amide bonds. The highest BCUT2D eigenvalue weighted by Gasteiger charge is 2.41. The number of carbonyl (C=O) groups is 12. The van der Waals surface area contributed by atoms with E-state index < -0.39 is 30.2 Å². The minimum atomic E-state index is -0.734. The van der Waals surface area contributed by atoms with E-state index in [1.807, 2.05) is 0 Å². The molecule has 72 heavy (non-hydrogen) atoms. The first-order valence-corrected chi connectivity index (χ1v) is 27.3. The molecule has 18 nitrogen and oxygen atoms in total. The number of hydrogen-bond donors (Lipinski definition) is 0. The van der Waals surface area contributed by atoms with Crippen LogP contribution in [-0.2, 0) is 57.5 Å². The topological polar surface area (TPSA) is 224 Å². The number of likely N-dealkylation sites (tertiary alicyclic amines) is 6. The molecule has 6 saturated heterocycles. The Bertz CT molecular complexity index is 2090. The van der Waals surface area contributed by atoms with Crippen molar-refractivity contribution < 1.29 is 57.5 Å². The Hall–Kier alpha value is -5.00. The molecule has 0 saturated carbocycles. The summed E-state index contributed by atoms with van der Waals surface area (Å²) in [6.45, 7) is 10.5. The van der Waals surface area contributed by atoms with Gasteiger partial charge in [0.25, 0.3) is 0 Å². The van der Waals surface area contributed by atoms with Crippen LogP contribution >= 0.6 is 0 Å². The Morgan fingerprint density at radius 2 is 0.528 bits per heavy atom. The third-order valence-electron chi connectivity index (χ3n) is 16.2. The number of hydrogen-bond acceptors (Lipinski definition) is 13. The second kappa shape index (κ2) is 26.3. The third-order valence-corrected chi connectivity index (χ3v) is 16.2. The van der Waals surface area contributed by atoms with Crippen LogP contribution in [0.2, 0.25) is 0 Å². The summed E-state index contributed by atoms with van der Waals surface area (Å²) in [7, 11) is 0. The molecule has 6 aliphatic heterocycles. The van der Waals surface area contributed by atoms with Gasteiger partial charge in [-0.25, -0.2) is 0 Å². The van der Waals surface area contributed by atoms with Crippen molar-refractivity contribution in [2.45, 2.75) is 224 Å². The Morgan fingerprint density at radius 3 is 0.778 bits per heavy atom. The fraction of sp³-hybridized carbons (Fsp3) is 0.778. The molecule has 18 heteroatoms. The fourth-order valence-corrected chi connectivity index (χ4v) is 12.2. The highest BCUT2D eigenvalue weighted by Crippen LogP contribution is 2.29. The lowest BCUT2D eigenvalue weighted by atomic mass is 9.99. The molecule has 6 rings (SSSR count). The lowest BCUT2D eigenvalue weighted by Gasteiger charge is -2.28. The summed E-state index contributed by atoms with van der Waals surface area (Å²) in [4.78, 5) is 169. The van der Waals surface area contributed by atoms with Crippen LogP contribution in [-0.4, -0.2) is 181 Å². The van der Waals surface area contributed by atoms with E-state index in [2.05, 4.69) is 18.7 Å². The van der Waals surface area contributed by atoms with Gasteiger partial charge in [0.1, 0.15) is 11.6 Å². The molecule has 0 N–H and O–H groups in total. The fourth-order valence-electron chi connectivity index (χ4n) is 12.2. The molecule has 0 spiro atoms. The Balaban J connectivity index is 0.896. The average Bonchev–Trinajstić information content (AvgIpc) is 4.23. The zero-order chi connectivity index (χ0) is 52.2. The summed E-state index contributed by atoms with van der Waals surface area (Å²) in [5, 5.41) is 0. The second-order valence-corrected chi connectivity index (χ2v) is 21.6. The van der Waals surface area contributed by atoms with E-state index in [4.69, 9.17) is 0 Å². The number of Topliss-reactive ketones (excluding diaryl/α,β-unsaturated/α-hetero) is 7. The predicted octanol–water partition coefficient (Wildman–Crippen LogP) is 4.14. The van der Waals surface area contributed by atoms with Crippen LogP contribution in [0.15, 0.2) is 0 Å². The van der Waals surface area contributed by atoms with Gasteiger partial charge in [-0.2, -0.15) is 0 Å². The second-order valence-electron chi connectivity index (χ2n) is 21.6. The Morgan fingerprint density at radius 1 is 0.306 bits per heavy atom. The van der Waals surface area contributed by atoms with Crippen molar-refractivity contribution in [1.29, 1.82) is 0 Å². The number of amides is 5. The minimum absolute atomic E-state index is 0.000762. The van der Waals surface area contributed by atoms with Crippen LogP contribution < -0.4 is 0 Å². The molecule has 0 radical (unpaired) electrons. The van der Waals surface area contributed by atoms with Crippen molar-refractivity contribution in [2.24, 2.45) is 5.92 Å². The largest absolute Gasteiger partial charge is 0.333 e. The summed E-state index contributed by atoms with van der Waals surface area (Å²) < 4.78 is 0. The first-order valence-electron chi connectivity index (χ1n) is 27.3. The van der Waals surface area contributed by atoms with Gasteiger partial charge in [-0.15, -0.1) is 0 Å². The molecular formula is C54H80N6O12. The van der Waals surface area contributed by atoms with E-state index >= 15 is 0 Å². The Labute approximate surface area is 425 Å². The summed E-state index contributed by atoms with van der Waals surface area (Å²) >= 11 is 0. The highest BCUT2D eigenvalue weighted by molar-refractivity contribution is 5.98. The molecule has 398 valence electrons. The summed E-state index contributed by atoms with van der Waals surface area (Å²) in [5.41, 5.74) is 0. The van der Waals surface area contributed by atoms with Crippen molar-refractivity contribution in [1.82, 2.24) is 29.4 Å². The molecule has 6 atom stereocenters. The van der Waals surface area contributed by atoms with Gasteiger partial charge in [0.15, 0.2) is 28.9 Å². The molecule has 6 aliphatic rings. The van der Waals surface area contributed by atoms with Gasteiger partial charge in [-0.3, -0.25) is 62.4 Å². The first-order chi connectivity index (χ1) is 34.4. The van der Waals surface area contributed by atoms with Crippen LogP contribution in [0.1, 0.15) is 182 Å². The van der Waals surface area contributed by atoms with E-state index in [1.165, 1.54) is 19.6 Å². The smallest absolute Gasteiger partial charge is 0.223 e. The minimum Gasteiger partial charge on any atom is -0.333 e. The molecule has 0 aliphatic carbocycles. The van der Waals surface area contributed by atoms with Crippen LogP contribution in [0, 0.1) is 5.92 Å². The molecule has 6 fully saturated rings. The van der Waals surface area contributed by atoms with Crippen LogP contribution in [0.3, 0.4) is 0 Å². The predicted molar refractivity (Wildman–Crippen MR) is 264 cm³/mol. The van der Waals surface area contributed by atoms with Gasteiger partial charge in [0.05, 0.1) is 36.3 Å². The molecular weight excluding hydrogens is 925 g/mol. The van der Waals surface area contributed by atoms with Gasteiger partial charge in [-0.05, 0) is 97.4 Å². The van der Waals surface area contributed by atoms with E-state index in [9.17, 15) is 57.5 Å². The van der Waals surface area contributed by atoms with Gasteiger partial charge in [0, 0.05) is 122 Å². The van der Waals surface area contributed by atoms with Crippen LogP contribution in [0.25, 0.3) is 0 Å². The quantitative estimate of drug-likeness (QED) is 0.119. The maximum atomic E-state index is 13.5. The highest BCUT2D eigenvalue weighted by atomic mass is 16.2. The van der Waals surface area contributed by atoms with Crippen molar-refractivity contribution in [3.05, 3.63) is 0 Å². The summed E-state index contributed by atoms with van der Waals surface area (Å²) in [6, 6.07) is -3.31. The van der Waals surface area contributed by atoms with Gasteiger partial charge in [0.2, 0.25) is 29.5 Å². The summed E-state index contributed by atoms with van der Waals surface area (Å²) in [6.07, 6.45) is 6.77. The van der Waals surface area contributed by atoms with Crippen LogP contribution in [0.5, 0.6) is 0 Å². The lowest BCUT2D eigenvalue weighted by molar-refractivity contribution is -0.142. The number of carbonyl (C=O) groups excluding carboxylic acids is 12. The molecule has 6 heterocycles. The van der Waals surface area contributed by atoms with Crippen LogP contribution in [0.4, 0.5) is 0 Å². The number of rotatable bonds is 26. The van der Waals surface area contributed by atoms with Crippen molar-refractivity contribution in [2.75, 3.05) is 39.3 Å². The Kier molecular flexibility index (Phi) is 20.6. The monoisotopic (exact) mass is 1000 g/mol. The van der Waals surface area contributed by atoms with Crippen molar-refractivity contribution in [3.63, 3.8) is 0 Å². The van der Waals surface area contributed by atoms with Gasteiger partial charge in [-0.1, -0.05) is 13.8 Å².